The van der Waals surface area contributed by atoms with Crippen LogP contribution in [0, 0.1) is 0 Å². The van der Waals surface area contributed by atoms with E-state index >= 15 is 0 Å². The number of hydrogen-bond donors (Lipinski definition) is 0. The van der Waals surface area contributed by atoms with Crippen molar-refractivity contribution in [3.8, 4) is 17.2 Å². The van der Waals surface area contributed by atoms with Gasteiger partial charge in [0.05, 0.1) is 59.9 Å². The molecule has 0 bridgehead atoms. The maximum absolute atomic E-state index is 14.0. The van der Waals surface area contributed by atoms with Crippen LogP contribution in [0.1, 0.15) is 40.0 Å². The smallest absolute Gasteiger partial charge is 0.340 e. The van der Waals surface area contributed by atoms with Gasteiger partial charge in [-0.1, -0.05) is 129 Å². The van der Waals surface area contributed by atoms with Crippen molar-refractivity contribution < 1.29 is 47.4 Å². The number of esters is 1. The van der Waals surface area contributed by atoms with E-state index in [1.165, 1.54) is 33.5 Å². The van der Waals surface area contributed by atoms with Crippen molar-refractivity contribution in [3.05, 3.63) is 161 Å². The van der Waals surface area contributed by atoms with Crippen LogP contribution >= 0.6 is 0 Å². The van der Waals surface area contributed by atoms with Gasteiger partial charge >= 0.3 is 5.97 Å². The Morgan fingerprint density at radius 2 is 0.964 bits per heavy atom. The van der Waals surface area contributed by atoms with Crippen molar-refractivity contribution in [1.29, 1.82) is 0 Å². The second-order valence-electron chi connectivity index (χ2n) is 12.6. The zero-order valence-electron chi connectivity index (χ0n) is 30.7. The molecule has 1 aliphatic heterocycles. The SMILES string of the molecule is C.COc1cc(C(=O)O[C@H]2O[C@H](COCc3ccccc3)[C@@H](OCc3ccccc3)[C@H](OCc3ccccc3)[C@H]2OCc2ccccc2)cc(OC)c1OC. The van der Waals surface area contributed by atoms with Crippen LogP contribution in [-0.2, 0) is 54.8 Å². The Kier molecular flexibility index (Phi) is 15.6. The molecule has 1 aliphatic rings. The van der Waals surface area contributed by atoms with E-state index in [1.807, 2.05) is 121 Å². The average molecular weight is 751 g/mol. The molecule has 0 amide bonds. The second-order valence-corrected chi connectivity index (χ2v) is 12.6. The highest BCUT2D eigenvalue weighted by Gasteiger charge is 2.50. The number of carbonyl (C=O) groups excluding carboxylic acids is 1. The van der Waals surface area contributed by atoms with Crippen LogP contribution in [0.3, 0.4) is 0 Å². The summed E-state index contributed by atoms with van der Waals surface area (Å²) in [5, 5.41) is 0. The van der Waals surface area contributed by atoms with Gasteiger partial charge in [-0.15, -0.1) is 0 Å². The second kappa shape index (κ2) is 21.0. The average Bonchev–Trinajstić information content (AvgIpc) is 3.23. The van der Waals surface area contributed by atoms with Gasteiger partial charge in [0.2, 0.25) is 12.0 Å². The highest BCUT2D eigenvalue weighted by molar-refractivity contribution is 5.91. The molecule has 55 heavy (non-hydrogen) atoms. The molecule has 0 spiro atoms. The van der Waals surface area contributed by atoms with Gasteiger partial charge in [0.25, 0.3) is 0 Å². The number of rotatable bonds is 18. The molecule has 0 radical (unpaired) electrons. The molecule has 6 rings (SSSR count). The van der Waals surface area contributed by atoms with Crippen molar-refractivity contribution in [2.24, 2.45) is 0 Å². The molecule has 290 valence electrons. The van der Waals surface area contributed by atoms with Gasteiger partial charge < -0.3 is 42.6 Å². The van der Waals surface area contributed by atoms with E-state index in [0.29, 0.717) is 23.9 Å². The van der Waals surface area contributed by atoms with Crippen molar-refractivity contribution >= 4 is 5.97 Å². The zero-order chi connectivity index (χ0) is 37.5. The van der Waals surface area contributed by atoms with E-state index in [-0.39, 0.29) is 39.4 Å². The lowest BCUT2D eigenvalue weighted by Gasteiger charge is -2.45. The molecule has 5 aromatic carbocycles. The van der Waals surface area contributed by atoms with E-state index in [2.05, 4.69) is 0 Å². The minimum atomic E-state index is -1.23. The summed E-state index contributed by atoms with van der Waals surface area (Å²) in [5.74, 6) is 0.256. The maximum Gasteiger partial charge on any atom is 0.340 e. The van der Waals surface area contributed by atoms with Crippen LogP contribution in [-0.4, -0.2) is 64.6 Å². The van der Waals surface area contributed by atoms with Gasteiger partial charge in [0.15, 0.2) is 11.5 Å². The summed E-state index contributed by atoms with van der Waals surface area (Å²) >= 11 is 0. The minimum Gasteiger partial charge on any atom is -0.493 e. The summed E-state index contributed by atoms with van der Waals surface area (Å²) in [6, 6.07) is 42.4. The van der Waals surface area contributed by atoms with Crippen molar-refractivity contribution in [2.75, 3.05) is 27.9 Å². The van der Waals surface area contributed by atoms with Crippen LogP contribution in [0.4, 0.5) is 0 Å². The number of carbonyl (C=O) groups is 1. The molecule has 10 heteroatoms. The van der Waals surface area contributed by atoms with Crippen LogP contribution in [0.25, 0.3) is 0 Å². The highest BCUT2D eigenvalue weighted by Crippen LogP contribution is 2.39. The number of benzene rings is 5. The first-order chi connectivity index (χ1) is 26.6. The van der Waals surface area contributed by atoms with Gasteiger partial charge in [-0.2, -0.15) is 0 Å². The quantitative estimate of drug-likeness (QED) is 0.0815. The standard InChI is InChI=1S/C44H46O10.CH4/c1-46-36-24-35(25-37(47-2)39(36)48-3)43(45)54-44-42(52-29-34-22-14-7-15-23-34)41(51-28-33-20-12-6-13-21-33)40(50-27-32-18-10-5-11-19-32)38(53-44)30-49-26-31-16-8-4-9-17-31;/h4-25,38,40-42,44H,26-30H2,1-3H3;1H4/t38-,40-,41+,42-,44-;/m1./s1. The molecule has 5 atom stereocenters. The molecule has 10 nitrogen and oxygen atoms in total. The number of ether oxygens (including phenoxy) is 9. The topological polar surface area (TPSA) is 100 Å². The van der Waals surface area contributed by atoms with E-state index < -0.39 is 36.7 Å². The molecule has 0 unspecified atom stereocenters. The minimum absolute atomic E-state index is 0. The summed E-state index contributed by atoms with van der Waals surface area (Å²) in [4.78, 5) is 14.0. The third kappa shape index (κ3) is 11.2. The molecule has 1 saturated heterocycles. The molecule has 1 fully saturated rings. The summed E-state index contributed by atoms with van der Waals surface area (Å²) in [7, 11) is 4.46. The summed E-state index contributed by atoms with van der Waals surface area (Å²) in [5.41, 5.74) is 4.01. The predicted octanol–water partition coefficient (Wildman–Crippen LogP) is 8.20. The van der Waals surface area contributed by atoms with E-state index in [0.717, 1.165) is 22.3 Å². The first-order valence-electron chi connectivity index (χ1n) is 17.8. The van der Waals surface area contributed by atoms with Crippen molar-refractivity contribution in [1.82, 2.24) is 0 Å². The maximum atomic E-state index is 14.0. The Bertz CT molecular complexity index is 1830. The lowest BCUT2D eigenvalue weighted by molar-refractivity contribution is -0.315. The fraction of sp³-hybridized carbons (Fsp3) is 0.311. The van der Waals surface area contributed by atoms with Crippen LogP contribution < -0.4 is 14.2 Å². The van der Waals surface area contributed by atoms with Gasteiger partial charge in [-0.3, -0.25) is 0 Å². The third-order valence-corrected chi connectivity index (χ3v) is 8.96. The Morgan fingerprint density at radius 1 is 0.545 bits per heavy atom. The highest BCUT2D eigenvalue weighted by atomic mass is 16.7. The first-order valence-corrected chi connectivity index (χ1v) is 17.8. The third-order valence-electron chi connectivity index (χ3n) is 8.96. The van der Waals surface area contributed by atoms with Crippen LogP contribution in [0.2, 0.25) is 0 Å². The molecule has 0 saturated carbocycles. The summed E-state index contributed by atoms with van der Waals surface area (Å²) < 4.78 is 55.7. The van der Waals surface area contributed by atoms with E-state index in [1.54, 1.807) is 0 Å². The predicted molar refractivity (Wildman–Crippen MR) is 208 cm³/mol. The zero-order valence-corrected chi connectivity index (χ0v) is 30.7. The molecular formula is C45H50O10. The Balaban J connectivity index is 0.00000580. The van der Waals surface area contributed by atoms with Gasteiger partial charge in [-0.05, 0) is 34.4 Å². The van der Waals surface area contributed by atoms with E-state index in [9.17, 15) is 4.79 Å². The van der Waals surface area contributed by atoms with Gasteiger partial charge in [0, 0.05) is 0 Å². The molecule has 0 aliphatic carbocycles. The summed E-state index contributed by atoms with van der Waals surface area (Å²) in [6.07, 6.45) is -4.35. The van der Waals surface area contributed by atoms with Gasteiger partial charge in [-0.25, -0.2) is 4.79 Å². The monoisotopic (exact) mass is 750 g/mol. The lowest BCUT2D eigenvalue weighted by Crippen LogP contribution is -2.62. The Hall–Kier alpha value is -5.23. The number of methoxy groups -OCH3 is 3. The fourth-order valence-electron chi connectivity index (χ4n) is 6.21. The Morgan fingerprint density at radius 3 is 1.40 bits per heavy atom. The Labute approximate surface area is 323 Å². The molecule has 0 N–H and O–H groups in total. The van der Waals surface area contributed by atoms with E-state index in [4.69, 9.17) is 42.6 Å². The van der Waals surface area contributed by atoms with Gasteiger partial charge in [0.1, 0.15) is 24.4 Å². The fourth-order valence-corrected chi connectivity index (χ4v) is 6.21. The van der Waals surface area contributed by atoms with Crippen molar-refractivity contribution in [3.63, 3.8) is 0 Å². The molecular weight excluding hydrogens is 700 g/mol. The lowest BCUT2D eigenvalue weighted by atomic mass is 9.97. The normalized spacial score (nSPS) is 19.1. The van der Waals surface area contributed by atoms with Crippen LogP contribution in [0.5, 0.6) is 17.2 Å². The summed E-state index contributed by atoms with van der Waals surface area (Å²) in [6.45, 7) is 1.16. The number of hydrogen-bond acceptors (Lipinski definition) is 10. The molecule has 0 aromatic heterocycles. The molecule has 1 heterocycles. The van der Waals surface area contributed by atoms with Crippen LogP contribution in [0.15, 0.2) is 133 Å². The first kappa shape index (κ1) is 40.9. The molecule has 5 aromatic rings. The largest absolute Gasteiger partial charge is 0.493 e. The van der Waals surface area contributed by atoms with Crippen molar-refractivity contribution in [2.45, 2.75) is 64.6 Å².